The Morgan fingerprint density at radius 1 is 1.36 bits per heavy atom. The van der Waals surface area contributed by atoms with Crippen molar-refractivity contribution < 1.29 is 9.53 Å². The maximum absolute atomic E-state index is 11.6. The largest absolute Gasteiger partial charge is 0.471 e. The monoisotopic (exact) mass is 301 g/mol. The molecule has 2 rings (SSSR count). The van der Waals surface area contributed by atoms with E-state index in [2.05, 4.69) is 15.0 Å². The second-order valence-corrected chi connectivity index (χ2v) is 6.59. The Morgan fingerprint density at radius 3 is 2.73 bits per heavy atom. The van der Waals surface area contributed by atoms with Gasteiger partial charge in [-0.3, -0.25) is 4.79 Å². The first-order valence-corrected chi connectivity index (χ1v) is 7.48. The number of nitrogens with one attached hydrogen (secondary N) is 1. The molecule has 2 aromatic heterocycles. The molecule has 0 aliphatic rings. The van der Waals surface area contributed by atoms with Crippen LogP contribution in [0.5, 0.6) is 5.88 Å². The number of hydrogen-bond donors (Lipinski definition) is 1. The third kappa shape index (κ3) is 3.93. The quantitative estimate of drug-likeness (QED) is 0.859. The summed E-state index contributed by atoms with van der Waals surface area (Å²) in [4.78, 5) is 23.2. The van der Waals surface area contributed by atoms with E-state index < -0.39 is 0 Å². The number of aromatic amines is 1. The molecule has 0 aliphatic carbocycles. The summed E-state index contributed by atoms with van der Waals surface area (Å²) in [6.45, 7) is 9.72. The van der Waals surface area contributed by atoms with Crippen LogP contribution in [0.1, 0.15) is 40.2 Å². The fraction of sp³-hybridized carbons (Fsp3) is 0.471. The number of carbonyl (C=O) groups excluding carboxylic acids is 1. The molecule has 2 aromatic rings. The number of hydrogen-bond acceptors (Lipinski definition) is 4. The predicted octanol–water partition coefficient (Wildman–Crippen LogP) is 3.46. The van der Waals surface area contributed by atoms with Crippen molar-refractivity contribution in [2.75, 3.05) is 0 Å². The molecule has 0 fully saturated rings. The number of aromatic nitrogens is 3. The molecule has 2 heterocycles. The Morgan fingerprint density at radius 2 is 2.09 bits per heavy atom. The highest BCUT2D eigenvalue weighted by molar-refractivity contribution is 5.91. The zero-order chi connectivity index (χ0) is 16.3. The van der Waals surface area contributed by atoms with Crippen LogP contribution >= 0.6 is 0 Å². The zero-order valence-electron chi connectivity index (χ0n) is 13.8. The van der Waals surface area contributed by atoms with E-state index >= 15 is 0 Å². The molecule has 0 aliphatic heterocycles. The molecule has 0 amide bonds. The minimum absolute atomic E-state index is 0.0161. The number of rotatable bonds is 5. The van der Waals surface area contributed by atoms with E-state index in [1.54, 1.807) is 6.08 Å². The number of ketones is 1. The van der Waals surface area contributed by atoms with Crippen molar-refractivity contribution in [3.05, 3.63) is 30.2 Å². The highest BCUT2D eigenvalue weighted by Crippen LogP contribution is 2.28. The molecular formula is C17H23N3O2. The average Bonchev–Trinajstić information content (AvgIpc) is 2.81. The lowest BCUT2D eigenvalue weighted by Crippen LogP contribution is -2.23. The first-order valence-electron chi connectivity index (χ1n) is 7.48. The molecule has 1 N–H and O–H groups in total. The van der Waals surface area contributed by atoms with Crippen molar-refractivity contribution in [1.82, 2.24) is 15.0 Å². The van der Waals surface area contributed by atoms with E-state index in [1.165, 1.54) is 6.33 Å². The lowest BCUT2D eigenvalue weighted by molar-refractivity contribution is -0.117. The van der Waals surface area contributed by atoms with Gasteiger partial charge in [-0.25, -0.2) is 9.97 Å². The molecule has 0 saturated heterocycles. The van der Waals surface area contributed by atoms with Crippen LogP contribution < -0.4 is 4.74 Å². The summed E-state index contributed by atoms with van der Waals surface area (Å²) >= 11 is 0. The van der Waals surface area contributed by atoms with Gasteiger partial charge in [-0.15, -0.1) is 0 Å². The smallest absolute Gasteiger partial charge is 0.226 e. The predicted molar refractivity (Wildman–Crippen MR) is 87.0 cm³/mol. The summed E-state index contributed by atoms with van der Waals surface area (Å²) in [6.07, 6.45) is 7.52. The van der Waals surface area contributed by atoms with Crippen LogP contribution in [-0.4, -0.2) is 26.3 Å². The van der Waals surface area contributed by atoms with Crippen LogP contribution in [0.3, 0.4) is 0 Å². The van der Waals surface area contributed by atoms with E-state index in [9.17, 15) is 4.79 Å². The van der Waals surface area contributed by atoms with Gasteiger partial charge >= 0.3 is 0 Å². The maximum Gasteiger partial charge on any atom is 0.226 e. The maximum atomic E-state index is 11.6. The van der Waals surface area contributed by atoms with Crippen molar-refractivity contribution >= 4 is 16.8 Å². The molecule has 0 spiro atoms. The number of fused-ring (bicyclic) bond motifs is 1. The lowest BCUT2D eigenvalue weighted by Gasteiger charge is -2.20. The van der Waals surface area contributed by atoms with Gasteiger partial charge in [0.05, 0.1) is 5.39 Å². The van der Waals surface area contributed by atoms with Crippen molar-refractivity contribution in [1.29, 1.82) is 0 Å². The molecule has 5 heteroatoms. The summed E-state index contributed by atoms with van der Waals surface area (Å²) in [7, 11) is 0. The molecule has 0 unspecified atom stereocenters. The van der Waals surface area contributed by atoms with Crippen molar-refractivity contribution in [3.63, 3.8) is 0 Å². The van der Waals surface area contributed by atoms with Gasteiger partial charge in [0, 0.05) is 12.1 Å². The molecule has 0 aromatic carbocycles. The van der Waals surface area contributed by atoms with E-state index in [1.807, 2.05) is 46.9 Å². The number of ether oxygens (including phenoxy) is 1. The van der Waals surface area contributed by atoms with Crippen molar-refractivity contribution in [2.45, 2.75) is 46.6 Å². The lowest BCUT2D eigenvalue weighted by atomic mass is 10.1. The van der Waals surface area contributed by atoms with Crippen LogP contribution in [-0.2, 0) is 11.2 Å². The fourth-order valence-electron chi connectivity index (χ4n) is 2.02. The van der Waals surface area contributed by atoms with Gasteiger partial charge in [-0.2, -0.15) is 0 Å². The topological polar surface area (TPSA) is 67.9 Å². The van der Waals surface area contributed by atoms with Gasteiger partial charge in [0.15, 0.2) is 5.78 Å². The van der Waals surface area contributed by atoms with Crippen molar-refractivity contribution in [3.8, 4) is 5.88 Å². The summed E-state index contributed by atoms with van der Waals surface area (Å²) < 4.78 is 5.92. The van der Waals surface area contributed by atoms with Gasteiger partial charge in [0.25, 0.3) is 0 Å². The highest BCUT2D eigenvalue weighted by Gasteiger charge is 2.18. The number of nitrogens with zero attached hydrogens (tertiary/aromatic N) is 2. The minimum Gasteiger partial charge on any atom is -0.471 e. The molecule has 0 bridgehead atoms. The Kier molecular flexibility index (Phi) is 4.64. The Balaban J connectivity index is 2.29. The Bertz CT molecular complexity index is 693. The SMILES string of the molecule is CC(C)C(=O)/C=C/Cc1c[nH]c2ncnc(OC(C)(C)C)c12. The molecule has 0 radical (unpaired) electrons. The Hall–Kier alpha value is -2.17. The number of allylic oxidation sites excluding steroid dienone is 2. The second-order valence-electron chi connectivity index (χ2n) is 6.59. The molecule has 0 saturated carbocycles. The summed E-state index contributed by atoms with van der Waals surface area (Å²) in [6, 6.07) is 0. The van der Waals surface area contributed by atoms with Gasteiger partial charge in [-0.1, -0.05) is 19.9 Å². The standard InChI is InChI=1S/C17H23N3O2/c1-11(2)13(21)8-6-7-12-9-18-15-14(12)16(20-10-19-15)22-17(3,4)5/h6,8-11H,7H2,1-5H3,(H,18,19,20)/b8-6+. The van der Waals surface area contributed by atoms with E-state index in [0.717, 1.165) is 16.6 Å². The first kappa shape index (κ1) is 16.2. The first-order chi connectivity index (χ1) is 10.3. The van der Waals surface area contributed by atoms with Crippen LogP contribution in [0.2, 0.25) is 0 Å². The van der Waals surface area contributed by atoms with Gasteiger partial charge in [0.1, 0.15) is 17.6 Å². The van der Waals surface area contributed by atoms with E-state index in [0.29, 0.717) is 12.3 Å². The summed E-state index contributed by atoms with van der Waals surface area (Å²) in [5, 5.41) is 0.874. The second kappa shape index (κ2) is 6.30. The van der Waals surface area contributed by atoms with Crippen LogP contribution in [0, 0.1) is 5.92 Å². The minimum atomic E-state index is -0.334. The average molecular weight is 301 g/mol. The van der Waals surface area contributed by atoms with E-state index in [4.69, 9.17) is 4.74 Å². The van der Waals surface area contributed by atoms with Gasteiger partial charge in [0.2, 0.25) is 5.88 Å². The Labute approximate surface area is 130 Å². The third-order valence-electron chi connectivity index (χ3n) is 3.11. The zero-order valence-corrected chi connectivity index (χ0v) is 13.8. The summed E-state index contributed by atoms with van der Waals surface area (Å²) in [5.74, 6) is 0.710. The molecule has 5 nitrogen and oxygen atoms in total. The molecular weight excluding hydrogens is 278 g/mol. The molecule has 118 valence electrons. The van der Waals surface area contributed by atoms with Crippen LogP contribution in [0.4, 0.5) is 0 Å². The van der Waals surface area contributed by atoms with Crippen LogP contribution in [0.15, 0.2) is 24.7 Å². The molecule has 22 heavy (non-hydrogen) atoms. The highest BCUT2D eigenvalue weighted by atomic mass is 16.5. The van der Waals surface area contributed by atoms with Crippen molar-refractivity contribution in [2.24, 2.45) is 5.92 Å². The van der Waals surface area contributed by atoms with Crippen LogP contribution in [0.25, 0.3) is 11.0 Å². The van der Waals surface area contributed by atoms with E-state index in [-0.39, 0.29) is 17.3 Å². The summed E-state index contributed by atoms with van der Waals surface area (Å²) in [5.41, 5.74) is 1.43. The van der Waals surface area contributed by atoms with Gasteiger partial charge < -0.3 is 9.72 Å². The molecule has 0 atom stereocenters. The number of H-pyrrole nitrogens is 1. The third-order valence-corrected chi connectivity index (χ3v) is 3.11. The normalized spacial score (nSPS) is 12.5. The van der Waals surface area contributed by atoms with Gasteiger partial charge in [-0.05, 0) is 38.8 Å². The number of carbonyl (C=O) groups is 1. The fourth-order valence-corrected chi connectivity index (χ4v) is 2.02.